The Morgan fingerprint density at radius 3 is 1.20 bits per heavy atom. The van der Waals surface area contributed by atoms with Crippen molar-refractivity contribution < 1.29 is 77.2 Å². The average molecular weight is 655 g/mol. The molecule has 16 heteroatoms. The van der Waals surface area contributed by atoms with Gasteiger partial charge >= 0.3 is 24.2 Å². The van der Waals surface area contributed by atoms with E-state index in [0.717, 1.165) is 38.5 Å². The molecule has 0 bridgehead atoms. The standard InChI is InChI=1S/C30H38O16/c1-35-21-13-15-25(37-3)23(19-21)27(31)41-45-43-29(33)39-17-11-9-7-5-6-8-10-12-18-40-30(34)44-46-42-28(32)24-20-22(36-2)14-16-26(24)38-4/h13-16,19-20H,5-12,17-18H2,1-4H3. The van der Waals surface area contributed by atoms with Crippen LogP contribution in [0.5, 0.6) is 23.0 Å². The van der Waals surface area contributed by atoms with Gasteiger partial charge in [-0.15, -0.1) is 0 Å². The summed E-state index contributed by atoms with van der Waals surface area (Å²) < 4.78 is 30.0. The maximum Gasteiger partial charge on any atom is 0.543 e. The van der Waals surface area contributed by atoms with Crippen LogP contribution >= 0.6 is 0 Å². The largest absolute Gasteiger partial charge is 0.543 e. The summed E-state index contributed by atoms with van der Waals surface area (Å²) >= 11 is 0. The summed E-state index contributed by atoms with van der Waals surface area (Å²) in [5.74, 6) is -0.716. The predicted octanol–water partition coefficient (Wildman–Crippen LogP) is 5.86. The number of hydrogen-bond donors (Lipinski definition) is 0. The number of methoxy groups -OCH3 is 4. The maximum absolute atomic E-state index is 12.1. The molecule has 0 saturated heterocycles. The fraction of sp³-hybridized carbons (Fsp3) is 0.467. The van der Waals surface area contributed by atoms with Crippen molar-refractivity contribution in [2.75, 3.05) is 41.7 Å². The van der Waals surface area contributed by atoms with Crippen LogP contribution in [0.2, 0.25) is 0 Å². The molecule has 0 amide bonds. The highest BCUT2D eigenvalue weighted by Gasteiger charge is 2.19. The minimum absolute atomic E-state index is 0.00683. The highest BCUT2D eigenvalue weighted by Crippen LogP contribution is 2.26. The predicted molar refractivity (Wildman–Crippen MR) is 154 cm³/mol. The second kappa shape index (κ2) is 21.7. The van der Waals surface area contributed by atoms with E-state index in [-0.39, 0.29) is 35.8 Å². The average Bonchev–Trinajstić information content (AvgIpc) is 3.07. The van der Waals surface area contributed by atoms with Gasteiger partial charge in [-0.25, -0.2) is 29.0 Å². The molecular formula is C30H38O16. The van der Waals surface area contributed by atoms with Crippen molar-refractivity contribution in [1.82, 2.24) is 0 Å². The van der Waals surface area contributed by atoms with Crippen LogP contribution in [0, 0.1) is 0 Å². The van der Waals surface area contributed by atoms with Gasteiger partial charge in [-0.3, -0.25) is 9.78 Å². The van der Waals surface area contributed by atoms with Gasteiger partial charge in [-0.2, -0.15) is 0 Å². The molecule has 16 nitrogen and oxygen atoms in total. The second-order valence-electron chi connectivity index (χ2n) is 9.20. The van der Waals surface area contributed by atoms with E-state index in [1.807, 2.05) is 0 Å². The van der Waals surface area contributed by atoms with Crippen molar-refractivity contribution in [2.45, 2.75) is 51.4 Å². The SMILES string of the molecule is COc1ccc(OC)c(C(=O)OOOC(=O)OCCCCCCCCCCOC(=O)OOOC(=O)c2cc(OC)ccc2OC)c1. The molecule has 46 heavy (non-hydrogen) atoms. The summed E-state index contributed by atoms with van der Waals surface area (Å²) in [5.41, 5.74) is 0.0137. The minimum atomic E-state index is -1.15. The third-order valence-corrected chi connectivity index (χ3v) is 6.16. The number of hydrogen-bond acceptors (Lipinski definition) is 16. The Kier molecular flexibility index (Phi) is 17.6. The number of carbonyl (C=O) groups excluding carboxylic acids is 4. The number of benzene rings is 2. The minimum Gasteiger partial charge on any atom is -0.497 e. The molecule has 2 aromatic carbocycles. The first-order valence-corrected chi connectivity index (χ1v) is 14.2. The lowest BCUT2D eigenvalue weighted by Crippen LogP contribution is -2.13. The van der Waals surface area contributed by atoms with Gasteiger partial charge in [-0.1, -0.05) is 38.5 Å². The number of unbranched alkanes of at least 4 members (excludes halogenated alkanes) is 7. The van der Waals surface area contributed by atoms with Crippen LogP contribution in [0.3, 0.4) is 0 Å². The highest BCUT2D eigenvalue weighted by atomic mass is 17.5. The van der Waals surface area contributed by atoms with Crippen LogP contribution in [-0.4, -0.2) is 65.9 Å². The van der Waals surface area contributed by atoms with Gasteiger partial charge < -0.3 is 28.4 Å². The zero-order valence-corrected chi connectivity index (χ0v) is 26.1. The van der Waals surface area contributed by atoms with Gasteiger partial charge in [0.05, 0.1) is 51.7 Å². The molecule has 0 aliphatic carbocycles. The van der Waals surface area contributed by atoms with E-state index in [9.17, 15) is 19.2 Å². The van der Waals surface area contributed by atoms with E-state index in [1.165, 1.54) is 52.7 Å². The molecule has 0 aliphatic heterocycles. The van der Waals surface area contributed by atoms with Crippen LogP contribution in [0.4, 0.5) is 9.59 Å². The van der Waals surface area contributed by atoms with Crippen molar-refractivity contribution in [1.29, 1.82) is 0 Å². The maximum atomic E-state index is 12.1. The lowest BCUT2D eigenvalue weighted by Gasteiger charge is -2.09. The fourth-order valence-electron chi connectivity index (χ4n) is 3.81. The molecule has 0 spiro atoms. The Labute approximate surface area is 265 Å². The molecule has 0 aromatic heterocycles. The van der Waals surface area contributed by atoms with E-state index in [1.54, 1.807) is 12.1 Å². The lowest BCUT2D eigenvalue weighted by molar-refractivity contribution is -0.452. The lowest BCUT2D eigenvalue weighted by atomic mass is 10.1. The molecule has 0 heterocycles. The summed E-state index contributed by atoms with van der Waals surface area (Å²) in [7, 11) is 5.61. The Balaban J connectivity index is 1.41. The van der Waals surface area contributed by atoms with E-state index >= 15 is 0 Å². The Hall–Kier alpha value is -4.96. The highest BCUT2D eigenvalue weighted by molar-refractivity contribution is 5.93. The molecule has 0 N–H and O–H groups in total. The third kappa shape index (κ3) is 13.8. The van der Waals surface area contributed by atoms with Crippen molar-refractivity contribution in [3.05, 3.63) is 47.5 Å². The van der Waals surface area contributed by atoms with E-state index in [2.05, 4.69) is 29.6 Å². The summed E-state index contributed by atoms with van der Waals surface area (Å²) in [5, 5.41) is 8.43. The Bertz CT molecular complexity index is 1150. The van der Waals surface area contributed by atoms with Crippen LogP contribution in [0.1, 0.15) is 72.1 Å². The third-order valence-electron chi connectivity index (χ3n) is 6.16. The van der Waals surface area contributed by atoms with E-state index in [0.29, 0.717) is 24.3 Å². The van der Waals surface area contributed by atoms with Crippen molar-refractivity contribution in [3.8, 4) is 23.0 Å². The molecule has 0 fully saturated rings. The molecule has 0 radical (unpaired) electrons. The first-order chi connectivity index (χ1) is 22.3. The van der Waals surface area contributed by atoms with Crippen molar-refractivity contribution >= 4 is 24.2 Å². The first kappa shape index (κ1) is 37.2. The summed E-state index contributed by atoms with van der Waals surface area (Å²) in [6, 6.07) is 8.95. The van der Waals surface area contributed by atoms with Crippen LogP contribution in [-0.2, 0) is 39.1 Å². The molecule has 0 unspecified atom stereocenters. The normalized spacial score (nSPS) is 10.3. The summed E-state index contributed by atoms with van der Waals surface area (Å²) in [6.07, 6.45) is 4.34. The van der Waals surface area contributed by atoms with Gasteiger partial charge in [0.1, 0.15) is 34.1 Å². The molecular weight excluding hydrogens is 616 g/mol. The summed E-state index contributed by atoms with van der Waals surface area (Å²) in [6.45, 7) is 0.205. The van der Waals surface area contributed by atoms with Crippen molar-refractivity contribution in [2.24, 2.45) is 0 Å². The number of rotatable bonds is 21. The quantitative estimate of drug-likeness (QED) is 0.0676. The Morgan fingerprint density at radius 1 is 0.478 bits per heavy atom. The zero-order valence-electron chi connectivity index (χ0n) is 26.1. The van der Waals surface area contributed by atoms with Gasteiger partial charge in [0.15, 0.2) is 0 Å². The molecule has 254 valence electrons. The number of carbonyl (C=O) groups is 4. The smallest absolute Gasteiger partial charge is 0.497 e. The second-order valence-corrected chi connectivity index (χ2v) is 9.20. The van der Waals surface area contributed by atoms with Crippen molar-refractivity contribution in [3.63, 3.8) is 0 Å². The molecule has 2 aromatic rings. The molecule has 0 aliphatic rings. The number of ether oxygens (including phenoxy) is 6. The van der Waals surface area contributed by atoms with Gasteiger partial charge in [0.2, 0.25) is 0 Å². The van der Waals surface area contributed by atoms with Crippen LogP contribution in [0.25, 0.3) is 0 Å². The first-order valence-electron chi connectivity index (χ1n) is 14.2. The van der Waals surface area contributed by atoms with E-state index < -0.39 is 24.2 Å². The Morgan fingerprint density at radius 2 is 0.848 bits per heavy atom. The van der Waals surface area contributed by atoms with Gasteiger partial charge in [0, 0.05) is 0 Å². The van der Waals surface area contributed by atoms with Crippen LogP contribution < -0.4 is 18.9 Å². The van der Waals surface area contributed by atoms with E-state index in [4.69, 9.17) is 28.4 Å². The molecule has 0 saturated carbocycles. The fourth-order valence-corrected chi connectivity index (χ4v) is 3.81. The van der Waals surface area contributed by atoms with Crippen LogP contribution in [0.15, 0.2) is 36.4 Å². The molecule has 2 rings (SSSR count). The summed E-state index contributed by atoms with van der Waals surface area (Å²) in [4.78, 5) is 64.9. The zero-order chi connectivity index (χ0) is 33.6. The van der Waals surface area contributed by atoms with Gasteiger partial charge in [-0.05, 0) is 49.2 Å². The monoisotopic (exact) mass is 654 g/mol. The van der Waals surface area contributed by atoms with Gasteiger partial charge in [0.25, 0.3) is 0 Å². The topological polar surface area (TPSA) is 179 Å². The molecule has 0 atom stereocenters.